The number of nitrogens with zero attached hydrogens (tertiary/aromatic N) is 1. The second-order valence-corrected chi connectivity index (χ2v) is 5.59. The third-order valence-corrected chi connectivity index (χ3v) is 3.85. The van der Waals surface area contributed by atoms with E-state index in [1.54, 1.807) is 14.2 Å². The molecular formula is C17H30N2O2. The lowest BCUT2D eigenvalue weighted by molar-refractivity contribution is 0.129. The van der Waals surface area contributed by atoms with Gasteiger partial charge in [0.25, 0.3) is 0 Å². The van der Waals surface area contributed by atoms with Gasteiger partial charge < -0.3 is 15.2 Å². The van der Waals surface area contributed by atoms with Gasteiger partial charge in [0.1, 0.15) is 0 Å². The van der Waals surface area contributed by atoms with E-state index >= 15 is 0 Å². The number of methoxy groups -OCH3 is 2. The van der Waals surface area contributed by atoms with Crippen LogP contribution >= 0.6 is 0 Å². The van der Waals surface area contributed by atoms with Crippen LogP contribution in [-0.2, 0) is 9.47 Å². The van der Waals surface area contributed by atoms with Gasteiger partial charge in [0.2, 0.25) is 0 Å². The van der Waals surface area contributed by atoms with Crippen molar-refractivity contribution in [2.75, 3.05) is 47.1 Å². The summed E-state index contributed by atoms with van der Waals surface area (Å²) in [5, 5.41) is 0. The van der Waals surface area contributed by atoms with Crippen molar-refractivity contribution >= 4 is 0 Å². The van der Waals surface area contributed by atoms with E-state index in [0.29, 0.717) is 0 Å². The third-order valence-electron chi connectivity index (χ3n) is 3.85. The van der Waals surface area contributed by atoms with E-state index in [1.165, 1.54) is 16.7 Å². The molecule has 1 unspecified atom stereocenters. The molecule has 2 N–H and O–H groups in total. The molecule has 0 aromatic heterocycles. The van der Waals surface area contributed by atoms with Gasteiger partial charge in [-0.15, -0.1) is 0 Å². The Morgan fingerprint density at radius 3 is 2.38 bits per heavy atom. The molecule has 4 nitrogen and oxygen atoms in total. The van der Waals surface area contributed by atoms with Crippen LogP contribution in [0.5, 0.6) is 0 Å². The van der Waals surface area contributed by atoms with E-state index in [-0.39, 0.29) is 6.04 Å². The van der Waals surface area contributed by atoms with Gasteiger partial charge in [-0.2, -0.15) is 0 Å². The molecule has 0 heterocycles. The van der Waals surface area contributed by atoms with Crippen molar-refractivity contribution < 1.29 is 9.47 Å². The van der Waals surface area contributed by atoms with Crippen molar-refractivity contribution in [3.63, 3.8) is 0 Å². The average Bonchev–Trinajstić information content (AvgIpc) is 2.47. The lowest BCUT2D eigenvalue weighted by atomic mass is 10.0. The van der Waals surface area contributed by atoms with E-state index in [9.17, 15) is 0 Å². The lowest BCUT2D eigenvalue weighted by Crippen LogP contribution is -2.35. The number of hydrogen-bond donors (Lipinski definition) is 1. The quantitative estimate of drug-likeness (QED) is 0.673. The van der Waals surface area contributed by atoms with Crippen molar-refractivity contribution in [1.82, 2.24) is 4.90 Å². The van der Waals surface area contributed by atoms with E-state index < -0.39 is 0 Å². The second-order valence-electron chi connectivity index (χ2n) is 5.59. The first-order chi connectivity index (χ1) is 10.1. The predicted octanol–water partition coefficient (Wildman–Crippen LogP) is 2.29. The minimum atomic E-state index is 0.0312. The lowest BCUT2D eigenvalue weighted by Gasteiger charge is -2.26. The molecule has 1 aromatic rings. The molecule has 0 spiro atoms. The standard InChI is InChI=1S/C17H30N2O2/c1-14-6-7-16(12-15(14)2)17(18)13-19(9-11-21-4)8-5-10-20-3/h6-7,12,17H,5,8-11,13,18H2,1-4H3. The summed E-state index contributed by atoms with van der Waals surface area (Å²) in [6.07, 6.45) is 1.01. The number of rotatable bonds is 10. The zero-order valence-electron chi connectivity index (χ0n) is 13.9. The van der Waals surface area contributed by atoms with Crippen LogP contribution in [0.15, 0.2) is 18.2 Å². The monoisotopic (exact) mass is 294 g/mol. The van der Waals surface area contributed by atoms with Gasteiger partial charge in [0.05, 0.1) is 6.61 Å². The molecular weight excluding hydrogens is 264 g/mol. The van der Waals surface area contributed by atoms with Crippen LogP contribution in [0.25, 0.3) is 0 Å². The number of benzene rings is 1. The molecule has 0 aliphatic carbocycles. The van der Waals surface area contributed by atoms with E-state index in [2.05, 4.69) is 36.9 Å². The summed E-state index contributed by atoms with van der Waals surface area (Å²) in [6.45, 7) is 8.49. The number of nitrogens with two attached hydrogens (primary N) is 1. The summed E-state index contributed by atoms with van der Waals surface area (Å²) >= 11 is 0. The fraction of sp³-hybridized carbons (Fsp3) is 0.647. The first kappa shape index (κ1) is 18.1. The summed E-state index contributed by atoms with van der Waals surface area (Å²) in [5.74, 6) is 0. The molecule has 0 saturated carbocycles. The minimum Gasteiger partial charge on any atom is -0.385 e. The Morgan fingerprint density at radius 1 is 1.05 bits per heavy atom. The van der Waals surface area contributed by atoms with Crippen molar-refractivity contribution in [3.05, 3.63) is 34.9 Å². The molecule has 0 fully saturated rings. The summed E-state index contributed by atoms with van der Waals surface area (Å²) < 4.78 is 10.3. The van der Waals surface area contributed by atoms with Gasteiger partial charge in [-0.3, -0.25) is 4.90 Å². The maximum Gasteiger partial charge on any atom is 0.0589 e. The highest BCUT2D eigenvalue weighted by Crippen LogP contribution is 2.16. The van der Waals surface area contributed by atoms with Gasteiger partial charge in [0, 0.05) is 46.5 Å². The first-order valence-electron chi connectivity index (χ1n) is 7.61. The molecule has 120 valence electrons. The Kier molecular flexibility index (Phi) is 8.54. The Hall–Kier alpha value is -0.940. The maximum absolute atomic E-state index is 6.38. The van der Waals surface area contributed by atoms with Crippen LogP contribution in [0, 0.1) is 13.8 Å². The molecule has 0 bridgehead atoms. The van der Waals surface area contributed by atoms with Crippen molar-refractivity contribution in [3.8, 4) is 0 Å². The van der Waals surface area contributed by atoms with Gasteiger partial charge in [-0.25, -0.2) is 0 Å². The molecule has 4 heteroatoms. The van der Waals surface area contributed by atoms with Crippen molar-refractivity contribution in [2.45, 2.75) is 26.3 Å². The molecule has 0 saturated heterocycles. The van der Waals surface area contributed by atoms with Crippen LogP contribution < -0.4 is 5.73 Å². The van der Waals surface area contributed by atoms with Crippen molar-refractivity contribution in [1.29, 1.82) is 0 Å². The zero-order chi connectivity index (χ0) is 15.7. The summed E-state index contributed by atoms with van der Waals surface area (Å²) in [4.78, 5) is 2.35. The molecule has 0 amide bonds. The normalized spacial score (nSPS) is 12.9. The van der Waals surface area contributed by atoms with Crippen LogP contribution in [-0.4, -0.2) is 52.0 Å². The average molecular weight is 294 g/mol. The number of hydrogen-bond acceptors (Lipinski definition) is 4. The van der Waals surface area contributed by atoms with Gasteiger partial charge in [-0.05, 0) is 37.0 Å². The van der Waals surface area contributed by atoms with Crippen LogP contribution in [0.3, 0.4) is 0 Å². The van der Waals surface area contributed by atoms with Crippen molar-refractivity contribution in [2.24, 2.45) is 5.73 Å². The topological polar surface area (TPSA) is 47.7 Å². The first-order valence-corrected chi connectivity index (χ1v) is 7.61. The second kappa shape index (κ2) is 9.90. The van der Waals surface area contributed by atoms with Crippen LogP contribution in [0.4, 0.5) is 0 Å². The number of aryl methyl sites for hydroxylation is 2. The van der Waals surface area contributed by atoms with Gasteiger partial charge in [0.15, 0.2) is 0 Å². The molecule has 1 atom stereocenters. The summed E-state index contributed by atoms with van der Waals surface area (Å²) in [7, 11) is 3.47. The number of ether oxygens (including phenoxy) is 2. The largest absolute Gasteiger partial charge is 0.385 e. The molecule has 0 radical (unpaired) electrons. The smallest absolute Gasteiger partial charge is 0.0589 e. The zero-order valence-corrected chi connectivity index (χ0v) is 13.9. The van der Waals surface area contributed by atoms with E-state index in [1.807, 2.05) is 0 Å². The molecule has 21 heavy (non-hydrogen) atoms. The fourth-order valence-electron chi connectivity index (χ4n) is 2.33. The van der Waals surface area contributed by atoms with E-state index in [4.69, 9.17) is 15.2 Å². The molecule has 1 aromatic carbocycles. The SMILES string of the molecule is COCCCN(CCOC)CC(N)c1ccc(C)c(C)c1. The molecule has 0 aliphatic heterocycles. The highest BCUT2D eigenvalue weighted by atomic mass is 16.5. The Labute approximate surface area is 129 Å². The fourth-order valence-corrected chi connectivity index (χ4v) is 2.33. The predicted molar refractivity (Wildman–Crippen MR) is 87.7 cm³/mol. The third kappa shape index (κ3) is 6.57. The Balaban J connectivity index is 2.60. The molecule has 1 rings (SSSR count). The van der Waals surface area contributed by atoms with Crippen LogP contribution in [0.2, 0.25) is 0 Å². The van der Waals surface area contributed by atoms with Crippen LogP contribution in [0.1, 0.15) is 29.2 Å². The Morgan fingerprint density at radius 2 is 1.76 bits per heavy atom. The highest BCUT2D eigenvalue weighted by molar-refractivity contribution is 5.31. The summed E-state index contributed by atoms with van der Waals surface area (Å²) in [5.41, 5.74) is 10.2. The molecule has 0 aliphatic rings. The van der Waals surface area contributed by atoms with E-state index in [0.717, 1.165) is 39.3 Å². The summed E-state index contributed by atoms with van der Waals surface area (Å²) in [6, 6.07) is 6.51. The Bertz CT molecular complexity index is 410. The van der Waals surface area contributed by atoms with Gasteiger partial charge >= 0.3 is 0 Å². The highest BCUT2D eigenvalue weighted by Gasteiger charge is 2.13. The van der Waals surface area contributed by atoms with Gasteiger partial charge in [-0.1, -0.05) is 18.2 Å². The minimum absolute atomic E-state index is 0.0312. The maximum atomic E-state index is 6.38.